The second kappa shape index (κ2) is 7.26. The van der Waals surface area contributed by atoms with Crippen LogP contribution < -0.4 is 4.74 Å². The largest absolute Gasteiger partial charge is 0.504 e. The third-order valence-electron chi connectivity index (χ3n) is 2.67. The first-order valence-corrected chi connectivity index (χ1v) is 7.42. The maximum Gasteiger partial charge on any atom is 0.382 e. The van der Waals surface area contributed by atoms with Gasteiger partial charge < -0.3 is 28.7 Å². The summed E-state index contributed by atoms with van der Waals surface area (Å²) in [6.45, 7) is 0. The lowest BCUT2D eigenvalue weighted by atomic mass is 10.2. The van der Waals surface area contributed by atoms with E-state index in [0.29, 0.717) is 0 Å². The number of hydrogen-bond donors (Lipinski definition) is 2. The van der Waals surface area contributed by atoms with E-state index < -0.39 is 36.7 Å². The minimum Gasteiger partial charge on any atom is -0.504 e. The van der Waals surface area contributed by atoms with E-state index in [9.17, 15) is 19.3 Å². The first-order chi connectivity index (χ1) is 10.3. The smallest absolute Gasteiger partial charge is 0.382 e. The number of phenols is 1. The molecular formula is C12H15O9P. The van der Waals surface area contributed by atoms with E-state index in [0.717, 1.165) is 27.4 Å². The number of carbonyl (C=O) groups excluding carboxylic acids is 1. The maximum atomic E-state index is 12.3. The number of esters is 1. The van der Waals surface area contributed by atoms with Crippen LogP contribution in [0.1, 0.15) is 10.4 Å². The van der Waals surface area contributed by atoms with E-state index in [1.807, 2.05) is 0 Å². The highest BCUT2D eigenvalue weighted by Gasteiger charge is 2.44. The van der Waals surface area contributed by atoms with E-state index in [1.54, 1.807) is 0 Å². The molecule has 0 heterocycles. The Balaban J connectivity index is 3.27. The van der Waals surface area contributed by atoms with Crippen molar-refractivity contribution in [2.45, 2.75) is 5.85 Å². The van der Waals surface area contributed by atoms with Gasteiger partial charge in [-0.1, -0.05) is 6.07 Å². The highest BCUT2D eigenvalue weighted by atomic mass is 31.2. The zero-order chi connectivity index (χ0) is 16.9. The maximum absolute atomic E-state index is 12.3. The molecule has 0 fully saturated rings. The van der Waals surface area contributed by atoms with Crippen molar-refractivity contribution < 1.29 is 42.9 Å². The molecule has 122 valence electrons. The summed E-state index contributed by atoms with van der Waals surface area (Å²) in [5.41, 5.74) is -0.453. The second-order valence-corrected chi connectivity index (χ2v) is 6.13. The third kappa shape index (κ3) is 3.56. The Bertz CT molecular complexity index is 605. The number of para-hydroxylation sites is 1. The van der Waals surface area contributed by atoms with Gasteiger partial charge in [-0.25, -0.2) is 9.59 Å². The molecule has 1 unspecified atom stereocenters. The molecule has 1 rings (SSSR count). The third-order valence-corrected chi connectivity index (χ3v) is 4.58. The fourth-order valence-corrected chi connectivity index (χ4v) is 2.66. The number of aromatic hydroxyl groups is 1. The monoisotopic (exact) mass is 334 g/mol. The topological polar surface area (TPSA) is 129 Å². The summed E-state index contributed by atoms with van der Waals surface area (Å²) in [5.74, 6) is -5.43. The number of aromatic carboxylic acids is 1. The zero-order valence-electron chi connectivity index (χ0n) is 12.0. The lowest BCUT2D eigenvalue weighted by Crippen LogP contribution is -2.30. The molecule has 1 aromatic carbocycles. The summed E-state index contributed by atoms with van der Waals surface area (Å²) in [6, 6.07) is 3.59. The SMILES string of the molecule is COC(=O)C(Oc1cccc(C(=O)O)c1O)P(=O)(OC)OC. The van der Waals surface area contributed by atoms with Gasteiger partial charge in [0.1, 0.15) is 5.56 Å². The van der Waals surface area contributed by atoms with Crippen LogP contribution in [0.4, 0.5) is 0 Å². The number of ether oxygens (including phenoxy) is 2. The van der Waals surface area contributed by atoms with Gasteiger partial charge in [0.15, 0.2) is 11.5 Å². The van der Waals surface area contributed by atoms with E-state index in [2.05, 4.69) is 13.8 Å². The Morgan fingerprint density at radius 3 is 2.23 bits per heavy atom. The van der Waals surface area contributed by atoms with Gasteiger partial charge in [0.25, 0.3) is 5.85 Å². The van der Waals surface area contributed by atoms with Crippen molar-refractivity contribution in [1.29, 1.82) is 0 Å². The molecule has 0 aliphatic rings. The molecule has 0 aromatic heterocycles. The number of carboxylic acid groups (broad SMARTS) is 1. The van der Waals surface area contributed by atoms with E-state index in [1.165, 1.54) is 12.1 Å². The molecule has 0 amide bonds. The Kier molecular flexibility index (Phi) is 5.92. The van der Waals surface area contributed by atoms with Crippen molar-refractivity contribution in [2.24, 2.45) is 0 Å². The molecule has 0 saturated carbocycles. The van der Waals surface area contributed by atoms with Crippen LogP contribution in [-0.4, -0.2) is 49.3 Å². The van der Waals surface area contributed by atoms with Crippen molar-refractivity contribution in [3.05, 3.63) is 23.8 Å². The second-order valence-electron chi connectivity index (χ2n) is 3.86. The molecule has 0 spiro atoms. The van der Waals surface area contributed by atoms with Crippen molar-refractivity contribution in [2.75, 3.05) is 21.3 Å². The lowest BCUT2D eigenvalue weighted by Gasteiger charge is -2.23. The Labute approximate surface area is 125 Å². The van der Waals surface area contributed by atoms with Gasteiger partial charge in [-0.15, -0.1) is 0 Å². The van der Waals surface area contributed by atoms with Gasteiger partial charge in [-0.2, -0.15) is 0 Å². The van der Waals surface area contributed by atoms with Gasteiger partial charge in [0.2, 0.25) is 0 Å². The van der Waals surface area contributed by atoms with Gasteiger partial charge in [-0.05, 0) is 12.1 Å². The first kappa shape index (κ1) is 18.0. The van der Waals surface area contributed by atoms with Crippen LogP contribution in [0.2, 0.25) is 0 Å². The van der Waals surface area contributed by atoms with Crippen LogP contribution in [0.25, 0.3) is 0 Å². The molecule has 0 bridgehead atoms. The molecule has 0 radical (unpaired) electrons. The van der Waals surface area contributed by atoms with E-state index in [4.69, 9.17) is 9.84 Å². The Hall–Kier alpha value is -2.09. The predicted molar refractivity (Wildman–Crippen MR) is 73.1 cm³/mol. The summed E-state index contributed by atoms with van der Waals surface area (Å²) < 4.78 is 31.3. The number of benzene rings is 1. The fourth-order valence-electron chi connectivity index (χ4n) is 1.52. The standard InChI is InChI=1S/C12H15O9P/c1-18-11(16)12(22(17,19-2)20-3)21-8-6-4-5-7(9(8)13)10(14)15/h4-6,12-13H,1-3H3,(H,14,15). The summed E-state index contributed by atoms with van der Waals surface area (Å²) >= 11 is 0. The quantitative estimate of drug-likeness (QED) is 0.562. The average molecular weight is 334 g/mol. The van der Waals surface area contributed by atoms with Gasteiger partial charge in [0.05, 0.1) is 7.11 Å². The normalized spacial score (nSPS) is 12.5. The number of carbonyl (C=O) groups is 2. The van der Waals surface area contributed by atoms with Crippen molar-refractivity contribution in [3.8, 4) is 11.5 Å². The van der Waals surface area contributed by atoms with Crippen LogP contribution in [-0.2, 0) is 23.1 Å². The number of methoxy groups -OCH3 is 1. The van der Waals surface area contributed by atoms with Crippen molar-refractivity contribution >= 4 is 19.5 Å². The molecule has 0 aliphatic heterocycles. The van der Waals surface area contributed by atoms with Crippen molar-refractivity contribution in [3.63, 3.8) is 0 Å². The number of rotatable bonds is 7. The molecule has 0 aliphatic carbocycles. The molecule has 0 saturated heterocycles. The van der Waals surface area contributed by atoms with Gasteiger partial charge in [0, 0.05) is 14.2 Å². The highest BCUT2D eigenvalue weighted by molar-refractivity contribution is 7.55. The van der Waals surface area contributed by atoms with Crippen LogP contribution in [0.5, 0.6) is 11.5 Å². The number of carboxylic acids is 1. The van der Waals surface area contributed by atoms with Gasteiger partial charge in [-0.3, -0.25) is 4.57 Å². The summed E-state index contributed by atoms with van der Waals surface area (Å²) in [6.07, 6.45) is 0. The highest BCUT2D eigenvalue weighted by Crippen LogP contribution is 2.53. The fraction of sp³-hybridized carbons (Fsp3) is 0.333. The minimum absolute atomic E-state index is 0.385. The average Bonchev–Trinajstić information content (AvgIpc) is 2.52. The first-order valence-electron chi connectivity index (χ1n) is 5.81. The Morgan fingerprint density at radius 1 is 1.18 bits per heavy atom. The van der Waals surface area contributed by atoms with E-state index >= 15 is 0 Å². The Morgan fingerprint density at radius 2 is 1.77 bits per heavy atom. The molecule has 22 heavy (non-hydrogen) atoms. The molecular weight excluding hydrogens is 319 g/mol. The summed E-state index contributed by atoms with van der Waals surface area (Å²) in [4.78, 5) is 22.7. The number of hydrogen-bond acceptors (Lipinski definition) is 8. The molecule has 2 N–H and O–H groups in total. The molecule has 1 atom stereocenters. The van der Waals surface area contributed by atoms with Crippen LogP contribution in [0.15, 0.2) is 18.2 Å². The predicted octanol–water partition coefficient (Wildman–Crippen LogP) is 1.45. The summed E-state index contributed by atoms with van der Waals surface area (Å²) in [7, 11) is -0.936. The summed E-state index contributed by atoms with van der Waals surface area (Å²) in [5, 5.41) is 18.8. The van der Waals surface area contributed by atoms with E-state index in [-0.39, 0.29) is 5.75 Å². The van der Waals surface area contributed by atoms with Crippen LogP contribution >= 0.6 is 7.60 Å². The van der Waals surface area contributed by atoms with Crippen molar-refractivity contribution in [1.82, 2.24) is 0 Å². The molecule has 10 heteroatoms. The molecule has 1 aromatic rings. The zero-order valence-corrected chi connectivity index (χ0v) is 12.9. The lowest BCUT2D eigenvalue weighted by molar-refractivity contribution is -0.145. The molecule has 9 nitrogen and oxygen atoms in total. The minimum atomic E-state index is -4.04. The van der Waals surface area contributed by atoms with Crippen LogP contribution in [0.3, 0.4) is 0 Å². The van der Waals surface area contributed by atoms with Crippen LogP contribution in [0, 0.1) is 0 Å². The van der Waals surface area contributed by atoms with Gasteiger partial charge >= 0.3 is 19.5 Å².